The molecule has 16 heavy (non-hydrogen) atoms. The van der Waals surface area contributed by atoms with Gasteiger partial charge in [0, 0.05) is 20.2 Å². The third-order valence-corrected chi connectivity index (χ3v) is 1.88. The molecule has 0 heterocycles. The van der Waals surface area contributed by atoms with Gasteiger partial charge in [-0.05, 0) is 12.8 Å². The lowest BCUT2D eigenvalue weighted by Gasteiger charge is -2.18. The molecule has 0 aromatic carbocycles. The molecule has 0 rings (SSSR count). The number of hydrogen-bond acceptors (Lipinski definition) is 5. The van der Waals surface area contributed by atoms with Gasteiger partial charge in [-0.15, -0.1) is 0 Å². The number of nitrogens with zero attached hydrogens (tertiary/aromatic N) is 2. The second-order valence-electron chi connectivity index (χ2n) is 3.12. The van der Waals surface area contributed by atoms with Gasteiger partial charge in [0.25, 0.3) is 0 Å². The molecule has 7 heteroatoms. The zero-order valence-electron chi connectivity index (χ0n) is 9.26. The number of aliphatic hydroxyl groups excluding tert-OH is 2. The monoisotopic (exact) mass is 230 g/mol. The molecule has 0 radical (unpaired) electrons. The minimum absolute atomic E-state index is 0.0876. The van der Waals surface area contributed by atoms with E-state index < -0.39 is 12.1 Å². The molecule has 0 spiro atoms. The van der Waals surface area contributed by atoms with Gasteiger partial charge in [-0.3, -0.25) is 20.6 Å². The summed E-state index contributed by atoms with van der Waals surface area (Å²) in [5.41, 5.74) is 0. The second-order valence-corrected chi connectivity index (χ2v) is 3.12. The molecule has 0 aliphatic rings. The molecule has 0 saturated carbocycles. The summed E-state index contributed by atoms with van der Waals surface area (Å²) in [7, 11) is 1.52. The first-order valence-corrected chi connectivity index (χ1v) is 4.93. The van der Waals surface area contributed by atoms with Crippen molar-refractivity contribution < 1.29 is 15.0 Å². The van der Waals surface area contributed by atoms with Crippen LogP contribution in [0.5, 0.6) is 0 Å². The lowest BCUT2D eigenvalue weighted by Crippen LogP contribution is -2.39. The number of urea groups is 1. The van der Waals surface area contributed by atoms with E-state index in [2.05, 4.69) is 10.3 Å². The molecule has 0 unspecified atom stereocenters. The average Bonchev–Trinajstić information content (AvgIpc) is 2.24. The summed E-state index contributed by atoms with van der Waals surface area (Å²) < 4.78 is 0. The fraction of sp³-hybridized carbons (Fsp3) is 0.667. The zero-order valence-corrected chi connectivity index (χ0v) is 9.26. The topological polar surface area (TPSA) is 109 Å². The number of aliphatic hydroxyl groups is 2. The standard InChI is InChI=1S/C9H18N4O3/c1-11-7-13(9(16)12-6-10)4-2-8(15)3-5-14/h6-8,14-15H,2-5H2,1H3,(H2,10,12,16)/t8-/m1/s1. The summed E-state index contributed by atoms with van der Waals surface area (Å²) in [4.78, 5) is 16.3. The Morgan fingerprint density at radius 1 is 1.62 bits per heavy atom. The van der Waals surface area contributed by atoms with E-state index in [4.69, 9.17) is 10.5 Å². The highest BCUT2D eigenvalue weighted by atomic mass is 16.3. The van der Waals surface area contributed by atoms with Crippen LogP contribution in [0.4, 0.5) is 4.79 Å². The van der Waals surface area contributed by atoms with Crippen LogP contribution in [0, 0.1) is 5.41 Å². The van der Waals surface area contributed by atoms with Crippen LogP contribution in [-0.4, -0.2) is 60.1 Å². The van der Waals surface area contributed by atoms with Crippen molar-refractivity contribution in [3.05, 3.63) is 0 Å². The molecular weight excluding hydrogens is 212 g/mol. The molecule has 0 aromatic heterocycles. The second kappa shape index (κ2) is 8.81. The maximum absolute atomic E-state index is 11.3. The minimum atomic E-state index is -0.648. The summed E-state index contributed by atoms with van der Waals surface area (Å²) >= 11 is 0. The summed E-state index contributed by atoms with van der Waals surface area (Å²) in [5, 5.41) is 26.9. The third kappa shape index (κ3) is 6.10. The number of aliphatic imine (C=N–C) groups is 1. The SMILES string of the molecule is CN=CN(CC[C@@H](O)CCO)C(=O)NC=N. The fourth-order valence-corrected chi connectivity index (χ4v) is 1.08. The maximum Gasteiger partial charge on any atom is 0.327 e. The average molecular weight is 230 g/mol. The molecular formula is C9H18N4O3. The first kappa shape index (κ1) is 14.5. The van der Waals surface area contributed by atoms with Crippen molar-refractivity contribution in [3.8, 4) is 0 Å². The van der Waals surface area contributed by atoms with Gasteiger partial charge in [-0.1, -0.05) is 0 Å². The highest BCUT2D eigenvalue weighted by Gasteiger charge is 2.12. The number of nitrogens with one attached hydrogen (secondary N) is 2. The van der Waals surface area contributed by atoms with E-state index in [9.17, 15) is 9.90 Å². The van der Waals surface area contributed by atoms with Crippen LogP contribution in [0.2, 0.25) is 0 Å². The number of carbonyl (C=O) groups excluding carboxylic acids is 1. The summed E-state index contributed by atoms with van der Waals surface area (Å²) in [6.45, 7) is 0.188. The van der Waals surface area contributed by atoms with Gasteiger partial charge in [0.1, 0.15) is 0 Å². The summed E-state index contributed by atoms with van der Waals surface area (Å²) in [6.07, 6.45) is 2.08. The molecule has 0 aliphatic heterocycles. The largest absolute Gasteiger partial charge is 0.396 e. The van der Waals surface area contributed by atoms with E-state index in [-0.39, 0.29) is 19.6 Å². The van der Waals surface area contributed by atoms with Crippen molar-refractivity contribution in [2.24, 2.45) is 4.99 Å². The molecule has 0 aliphatic carbocycles. The van der Waals surface area contributed by atoms with Crippen molar-refractivity contribution in [1.82, 2.24) is 10.2 Å². The van der Waals surface area contributed by atoms with Crippen molar-refractivity contribution in [2.75, 3.05) is 20.2 Å². The van der Waals surface area contributed by atoms with Gasteiger partial charge in [0.2, 0.25) is 0 Å². The molecule has 92 valence electrons. The van der Waals surface area contributed by atoms with Gasteiger partial charge in [-0.2, -0.15) is 0 Å². The van der Waals surface area contributed by atoms with E-state index in [0.29, 0.717) is 6.42 Å². The first-order valence-electron chi connectivity index (χ1n) is 4.93. The molecule has 0 aromatic rings. The Morgan fingerprint density at radius 2 is 2.31 bits per heavy atom. The number of hydrogen-bond donors (Lipinski definition) is 4. The molecule has 0 saturated heterocycles. The van der Waals surface area contributed by atoms with Crippen LogP contribution in [0.25, 0.3) is 0 Å². The quantitative estimate of drug-likeness (QED) is 0.346. The number of rotatable bonds is 7. The predicted molar refractivity (Wildman–Crippen MR) is 60.8 cm³/mol. The normalized spacial score (nSPS) is 12.4. The van der Waals surface area contributed by atoms with Crippen LogP contribution in [0.3, 0.4) is 0 Å². The smallest absolute Gasteiger partial charge is 0.327 e. The van der Waals surface area contributed by atoms with E-state index >= 15 is 0 Å². The molecule has 4 N–H and O–H groups in total. The zero-order chi connectivity index (χ0) is 12.4. The summed E-state index contributed by atoms with van der Waals surface area (Å²) in [5.74, 6) is 0. The van der Waals surface area contributed by atoms with Crippen molar-refractivity contribution in [3.63, 3.8) is 0 Å². The lowest BCUT2D eigenvalue weighted by atomic mass is 10.2. The van der Waals surface area contributed by atoms with Crippen molar-refractivity contribution in [2.45, 2.75) is 18.9 Å². The molecule has 0 bridgehead atoms. The Morgan fingerprint density at radius 3 is 2.81 bits per heavy atom. The summed E-state index contributed by atoms with van der Waals surface area (Å²) in [6, 6.07) is -0.475. The fourth-order valence-electron chi connectivity index (χ4n) is 1.08. The van der Waals surface area contributed by atoms with Gasteiger partial charge < -0.3 is 10.2 Å². The first-order chi connectivity index (χ1) is 7.65. The maximum atomic E-state index is 11.3. The Kier molecular flexibility index (Phi) is 8.00. The van der Waals surface area contributed by atoms with Gasteiger partial charge in [0.15, 0.2) is 0 Å². The lowest BCUT2D eigenvalue weighted by molar-refractivity contribution is 0.120. The van der Waals surface area contributed by atoms with Gasteiger partial charge >= 0.3 is 6.03 Å². The van der Waals surface area contributed by atoms with Gasteiger partial charge in [-0.25, -0.2) is 4.79 Å². The van der Waals surface area contributed by atoms with E-state index in [1.165, 1.54) is 18.3 Å². The molecule has 0 fully saturated rings. The molecule has 7 nitrogen and oxygen atoms in total. The van der Waals surface area contributed by atoms with Crippen LogP contribution < -0.4 is 5.32 Å². The van der Waals surface area contributed by atoms with Gasteiger partial charge in [0.05, 0.1) is 18.8 Å². The third-order valence-electron chi connectivity index (χ3n) is 1.88. The molecule has 2 amide bonds. The Hall–Kier alpha value is -1.47. The molecule has 1 atom stereocenters. The van der Waals surface area contributed by atoms with Crippen LogP contribution in [0.1, 0.15) is 12.8 Å². The number of amides is 2. The minimum Gasteiger partial charge on any atom is -0.396 e. The Balaban J connectivity index is 4.12. The highest BCUT2D eigenvalue weighted by molar-refractivity contribution is 5.92. The van der Waals surface area contributed by atoms with E-state index in [1.54, 1.807) is 0 Å². The predicted octanol–water partition coefficient (Wildman–Crippen LogP) is -0.603. The van der Waals surface area contributed by atoms with E-state index in [0.717, 1.165) is 6.34 Å². The van der Waals surface area contributed by atoms with E-state index in [1.807, 2.05) is 0 Å². The van der Waals surface area contributed by atoms with Crippen LogP contribution in [-0.2, 0) is 0 Å². The Labute approximate surface area is 94.3 Å². The van der Waals surface area contributed by atoms with Crippen molar-refractivity contribution >= 4 is 18.7 Å². The highest BCUT2D eigenvalue weighted by Crippen LogP contribution is 1.99. The van der Waals surface area contributed by atoms with Crippen molar-refractivity contribution in [1.29, 1.82) is 5.41 Å². The Bertz CT molecular complexity index is 245. The van der Waals surface area contributed by atoms with Crippen LogP contribution >= 0.6 is 0 Å². The van der Waals surface area contributed by atoms with Crippen LogP contribution in [0.15, 0.2) is 4.99 Å². The number of carbonyl (C=O) groups is 1.